The van der Waals surface area contributed by atoms with E-state index >= 15 is 0 Å². The van der Waals surface area contributed by atoms with Crippen LogP contribution in [0.3, 0.4) is 0 Å². The van der Waals surface area contributed by atoms with E-state index in [4.69, 9.17) is 10.5 Å². The molecule has 1 fully saturated rings. The third-order valence-corrected chi connectivity index (χ3v) is 3.79. The molecule has 1 amide bonds. The molecule has 1 unspecified atom stereocenters. The first-order chi connectivity index (χ1) is 10.2. The molecule has 1 atom stereocenters. The van der Waals surface area contributed by atoms with E-state index in [0.29, 0.717) is 42.6 Å². The molecular weight excluding hydrogens is 271 g/mol. The van der Waals surface area contributed by atoms with Crippen LogP contribution < -0.4 is 5.73 Å². The van der Waals surface area contributed by atoms with Gasteiger partial charge in [-0.15, -0.1) is 0 Å². The molecule has 1 heterocycles. The lowest BCUT2D eigenvalue weighted by molar-refractivity contribution is -0.0166. The molecule has 2 N–H and O–H groups in total. The molecule has 0 aliphatic carbocycles. The zero-order chi connectivity index (χ0) is 14.8. The fraction of sp³-hybridized carbons (Fsp3) is 0.312. The predicted octanol–water partition coefficient (Wildman–Crippen LogP) is 1.78. The molecule has 5 heteroatoms. The number of benzene rings is 2. The minimum absolute atomic E-state index is 0.104. The van der Waals surface area contributed by atoms with Crippen molar-refractivity contribution in [2.75, 3.05) is 26.2 Å². The van der Waals surface area contributed by atoms with Gasteiger partial charge in [0.1, 0.15) is 5.82 Å². The van der Waals surface area contributed by atoms with E-state index in [0.717, 1.165) is 0 Å². The smallest absolute Gasteiger partial charge is 0.254 e. The van der Waals surface area contributed by atoms with E-state index in [1.54, 1.807) is 35.2 Å². The fourth-order valence-electron chi connectivity index (χ4n) is 2.67. The number of fused-ring (bicyclic) bond motifs is 1. The van der Waals surface area contributed by atoms with Gasteiger partial charge in [0.25, 0.3) is 5.91 Å². The van der Waals surface area contributed by atoms with Crippen LogP contribution in [0.5, 0.6) is 0 Å². The molecule has 0 saturated carbocycles. The number of hydrogen-bond donors (Lipinski definition) is 1. The highest BCUT2D eigenvalue weighted by atomic mass is 19.1. The van der Waals surface area contributed by atoms with Crippen molar-refractivity contribution in [1.82, 2.24) is 4.90 Å². The van der Waals surface area contributed by atoms with Crippen LogP contribution in [0.15, 0.2) is 36.4 Å². The first-order valence-corrected chi connectivity index (χ1v) is 6.99. The van der Waals surface area contributed by atoms with Gasteiger partial charge < -0.3 is 15.4 Å². The number of hydrogen-bond acceptors (Lipinski definition) is 3. The Morgan fingerprint density at radius 2 is 2.05 bits per heavy atom. The standard InChI is InChI=1S/C16H17FN2O2/c17-15-6-5-14(12-3-1-2-4-13(12)15)16(20)19-7-8-21-11(9-18)10-19/h1-6,11H,7-10,18H2. The van der Waals surface area contributed by atoms with E-state index in [2.05, 4.69) is 0 Å². The van der Waals surface area contributed by atoms with Gasteiger partial charge in [0.05, 0.1) is 12.7 Å². The van der Waals surface area contributed by atoms with Gasteiger partial charge in [0.15, 0.2) is 0 Å². The maximum absolute atomic E-state index is 13.8. The Kier molecular flexibility index (Phi) is 3.86. The summed E-state index contributed by atoms with van der Waals surface area (Å²) >= 11 is 0. The lowest BCUT2D eigenvalue weighted by Gasteiger charge is -2.32. The second-order valence-electron chi connectivity index (χ2n) is 5.12. The van der Waals surface area contributed by atoms with Crippen LogP contribution in [0.25, 0.3) is 10.8 Å². The maximum Gasteiger partial charge on any atom is 0.254 e. The van der Waals surface area contributed by atoms with E-state index in [9.17, 15) is 9.18 Å². The van der Waals surface area contributed by atoms with E-state index in [1.165, 1.54) is 6.07 Å². The summed E-state index contributed by atoms with van der Waals surface area (Å²) in [4.78, 5) is 14.4. The van der Waals surface area contributed by atoms with Crippen molar-refractivity contribution in [2.24, 2.45) is 5.73 Å². The summed E-state index contributed by atoms with van der Waals surface area (Å²) in [5.74, 6) is -0.420. The third kappa shape index (κ3) is 2.62. The lowest BCUT2D eigenvalue weighted by atomic mass is 10.0. The summed E-state index contributed by atoms with van der Waals surface area (Å²) in [6.07, 6.45) is -0.130. The Labute approximate surface area is 122 Å². The number of rotatable bonds is 2. The minimum Gasteiger partial charge on any atom is -0.373 e. The summed E-state index contributed by atoms with van der Waals surface area (Å²) in [6, 6.07) is 9.92. The van der Waals surface area contributed by atoms with Crippen LogP contribution >= 0.6 is 0 Å². The monoisotopic (exact) mass is 288 g/mol. The van der Waals surface area contributed by atoms with Crippen LogP contribution in [-0.2, 0) is 4.74 Å². The molecule has 4 nitrogen and oxygen atoms in total. The van der Waals surface area contributed by atoms with Crippen LogP contribution in [0.2, 0.25) is 0 Å². The van der Waals surface area contributed by atoms with Crippen molar-refractivity contribution in [3.8, 4) is 0 Å². The largest absolute Gasteiger partial charge is 0.373 e. The molecule has 1 aliphatic heterocycles. The lowest BCUT2D eigenvalue weighted by Crippen LogP contribution is -2.48. The first-order valence-electron chi connectivity index (χ1n) is 6.99. The molecule has 110 valence electrons. The molecule has 0 radical (unpaired) electrons. The molecule has 2 aromatic rings. The van der Waals surface area contributed by atoms with Crippen LogP contribution in [0, 0.1) is 5.82 Å². The van der Waals surface area contributed by atoms with Crippen molar-refractivity contribution in [2.45, 2.75) is 6.10 Å². The highest BCUT2D eigenvalue weighted by molar-refractivity contribution is 6.07. The van der Waals surface area contributed by atoms with Crippen LogP contribution in [0.1, 0.15) is 10.4 Å². The van der Waals surface area contributed by atoms with Gasteiger partial charge in [-0.1, -0.05) is 24.3 Å². The van der Waals surface area contributed by atoms with Crippen molar-refractivity contribution in [3.63, 3.8) is 0 Å². The molecule has 1 aliphatic rings. The Morgan fingerprint density at radius 1 is 1.29 bits per heavy atom. The second-order valence-corrected chi connectivity index (χ2v) is 5.12. The van der Waals surface area contributed by atoms with Crippen molar-refractivity contribution < 1.29 is 13.9 Å². The number of halogens is 1. The fourth-order valence-corrected chi connectivity index (χ4v) is 2.67. The maximum atomic E-state index is 13.8. The highest BCUT2D eigenvalue weighted by Gasteiger charge is 2.25. The quantitative estimate of drug-likeness (QED) is 0.916. The molecule has 3 rings (SSSR count). The zero-order valence-electron chi connectivity index (χ0n) is 11.6. The number of ether oxygens (including phenoxy) is 1. The molecular formula is C16H17FN2O2. The molecule has 0 aromatic heterocycles. The molecule has 21 heavy (non-hydrogen) atoms. The average molecular weight is 288 g/mol. The van der Waals surface area contributed by atoms with Crippen molar-refractivity contribution in [1.29, 1.82) is 0 Å². The van der Waals surface area contributed by atoms with E-state index in [1.807, 2.05) is 0 Å². The van der Waals surface area contributed by atoms with Gasteiger partial charge in [-0.05, 0) is 17.5 Å². The predicted molar refractivity (Wildman–Crippen MR) is 78.6 cm³/mol. The minimum atomic E-state index is -0.316. The van der Waals surface area contributed by atoms with E-state index < -0.39 is 0 Å². The molecule has 0 bridgehead atoms. The number of amides is 1. The van der Waals surface area contributed by atoms with Gasteiger partial charge in [-0.3, -0.25) is 4.79 Å². The summed E-state index contributed by atoms with van der Waals surface area (Å²) in [6.45, 7) is 1.86. The second kappa shape index (κ2) is 5.79. The Balaban J connectivity index is 1.96. The zero-order valence-corrected chi connectivity index (χ0v) is 11.6. The van der Waals surface area contributed by atoms with Gasteiger partial charge in [-0.25, -0.2) is 4.39 Å². The van der Waals surface area contributed by atoms with Gasteiger partial charge >= 0.3 is 0 Å². The molecule has 1 saturated heterocycles. The van der Waals surface area contributed by atoms with Gasteiger partial charge in [0, 0.05) is 30.6 Å². The Bertz CT molecular complexity index is 674. The number of carbonyl (C=O) groups excluding carboxylic acids is 1. The van der Waals surface area contributed by atoms with Crippen LogP contribution in [0.4, 0.5) is 4.39 Å². The number of nitrogens with zero attached hydrogens (tertiary/aromatic N) is 1. The number of nitrogens with two attached hydrogens (primary N) is 1. The van der Waals surface area contributed by atoms with Crippen molar-refractivity contribution >= 4 is 16.7 Å². The number of carbonyl (C=O) groups is 1. The summed E-state index contributed by atoms with van der Waals surface area (Å²) in [5, 5.41) is 1.10. The third-order valence-electron chi connectivity index (χ3n) is 3.79. The van der Waals surface area contributed by atoms with Crippen LogP contribution in [-0.4, -0.2) is 43.2 Å². The molecule has 2 aromatic carbocycles. The SMILES string of the molecule is NCC1CN(C(=O)c2ccc(F)c3ccccc23)CCO1. The van der Waals surface area contributed by atoms with Gasteiger partial charge in [0.2, 0.25) is 0 Å². The normalized spacial score (nSPS) is 19.0. The highest BCUT2D eigenvalue weighted by Crippen LogP contribution is 2.23. The Morgan fingerprint density at radius 3 is 2.81 bits per heavy atom. The van der Waals surface area contributed by atoms with Gasteiger partial charge in [-0.2, -0.15) is 0 Å². The summed E-state index contributed by atoms with van der Waals surface area (Å²) < 4.78 is 19.3. The average Bonchev–Trinajstić information content (AvgIpc) is 2.55. The number of morpholine rings is 1. The first kappa shape index (κ1) is 14.0. The topological polar surface area (TPSA) is 55.6 Å². The summed E-state index contributed by atoms with van der Waals surface area (Å²) in [7, 11) is 0. The Hall–Kier alpha value is -1.98. The molecule has 0 spiro atoms. The van der Waals surface area contributed by atoms with E-state index in [-0.39, 0.29) is 17.8 Å². The van der Waals surface area contributed by atoms with Crippen molar-refractivity contribution in [3.05, 3.63) is 47.8 Å². The summed E-state index contributed by atoms with van der Waals surface area (Å²) in [5.41, 5.74) is 6.12.